The molecule has 0 aliphatic carbocycles. The molecular weight excluding hydrogens is 362 g/mol. The number of nitrogens with zero attached hydrogens (tertiary/aromatic N) is 1. The number of nitrogens with one attached hydrogen (secondary N) is 2. The highest BCUT2D eigenvalue weighted by Gasteiger charge is 2.34. The van der Waals surface area contributed by atoms with Crippen LogP contribution in [0.3, 0.4) is 0 Å². The molecule has 2 N–H and O–H groups in total. The maximum Gasteiger partial charge on any atom is 0.337 e. The average Bonchev–Trinajstić information content (AvgIpc) is 2.97. The van der Waals surface area contributed by atoms with Crippen LogP contribution in [0.25, 0.3) is 0 Å². The molecule has 0 unspecified atom stereocenters. The first-order valence-corrected chi connectivity index (χ1v) is 8.65. The molecule has 0 atom stereocenters. The van der Waals surface area contributed by atoms with Crippen molar-refractivity contribution < 1.29 is 23.9 Å². The standard InChI is InChI=1S/C20H19N3O5/c1-28-19(26)14-8-6-13(7-9-14)12-22-20(27)21-10-11-23-17(24)15-4-2-3-5-16(15)18(23)25/h2-9H,10-12H2,1H3,(H2,21,22,27). The van der Waals surface area contributed by atoms with Crippen LogP contribution in [0.4, 0.5) is 4.79 Å². The van der Waals surface area contributed by atoms with E-state index in [1.807, 2.05) is 0 Å². The number of carbonyl (C=O) groups is 4. The third-order valence-corrected chi connectivity index (χ3v) is 4.33. The van der Waals surface area contributed by atoms with Crippen LogP contribution in [0.1, 0.15) is 36.6 Å². The molecule has 0 saturated heterocycles. The molecule has 0 saturated carbocycles. The van der Waals surface area contributed by atoms with Gasteiger partial charge in [-0.3, -0.25) is 14.5 Å². The van der Waals surface area contributed by atoms with E-state index < -0.39 is 12.0 Å². The summed E-state index contributed by atoms with van der Waals surface area (Å²) in [7, 11) is 1.31. The van der Waals surface area contributed by atoms with E-state index in [1.54, 1.807) is 48.5 Å². The van der Waals surface area contributed by atoms with Gasteiger partial charge in [-0.15, -0.1) is 0 Å². The number of fused-ring (bicyclic) bond motifs is 1. The summed E-state index contributed by atoms with van der Waals surface area (Å²) in [6.07, 6.45) is 0. The van der Waals surface area contributed by atoms with Gasteiger partial charge in [-0.2, -0.15) is 0 Å². The number of amides is 4. The van der Waals surface area contributed by atoms with Crippen LogP contribution < -0.4 is 10.6 Å². The van der Waals surface area contributed by atoms with E-state index in [0.29, 0.717) is 16.7 Å². The molecule has 4 amide bonds. The lowest BCUT2D eigenvalue weighted by atomic mass is 10.1. The molecule has 144 valence electrons. The molecule has 1 aliphatic rings. The Bertz CT molecular complexity index is 889. The van der Waals surface area contributed by atoms with Crippen molar-refractivity contribution in [2.24, 2.45) is 0 Å². The molecule has 8 nitrogen and oxygen atoms in total. The first kappa shape index (κ1) is 19.1. The largest absolute Gasteiger partial charge is 0.465 e. The smallest absolute Gasteiger partial charge is 0.337 e. The average molecular weight is 381 g/mol. The van der Waals surface area contributed by atoms with Gasteiger partial charge in [0.2, 0.25) is 0 Å². The molecule has 0 fully saturated rings. The predicted molar refractivity (Wildman–Crippen MR) is 99.8 cm³/mol. The van der Waals surface area contributed by atoms with Crippen LogP contribution in [0.2, 0.25) is 0 Å². The molecular formula is C20H19N3O5. The molecule has 0 aromatic heterocycles. The molecule has 2 aromatic carbocycles. The van der Waals surface area contributed by atoms with E-state index in [-0.39, 0.29) is 31.4 Å². The van der Waals surface area contributed by atoms with E-state index in [2.05, 4.69) is 15.4 Å². The number of urea groups is 1. The first-order chi connectivity index (χ1) is 13.5. The summed E-state index contributed by atoms with van der Waals surface area (Å²) in [5, 5.41) is 5.29. The fourth-order valence-corrected chi connectivity index (χ4v) is 2.84. The molecule has 28 heavy (non-hydrogen) atoms. The Morgan fingerprint density at radius 3 is 2.11 bits per heavy atom. The summed E-state index contributed by atoms with van der Waals surface area (Å²) in [5.74, 6) is -1.13. The Hall–Kier alpha value is -3.68. The van der Waals surface area contributed by atoms with Crippen molar-refractivity contribution in [2.75, 3.05) is 20.2 Å². The fraction of sp³-hybridized carbons (Fsp3) is 0.200. The summed E-state index contributed by atoms with van der Waals surface area (Å²) in [6.45, 7) is 0.493. The molecule has 8 heteroatoms. The lowest BCUT2D eigenvalue weighted by Gasteiger charge is -2.14. The van der Waals surface area contributed by atoms with Gasteiger partial charge >= 0.3 is 12.0 Å². The monoisotopic (exact) mass is 381 g/mol. The van der Waals surface area contributed by atoms with E-state index in [9.17, 15) is 19.2 Å². The minimum Gasteiger partial charge on any atom is -0.465 e. The second kappa shape index (κ2) is 8.34. The van der Waals surface area contributed by atoms with Crippen molar-refractivity contribution in [1.29, 1.82) is 0 Å². The Balaban J connectivity index is 1.44. The maximum atomic E-state index is 12.2. The molecule has 1 heterocycles. The number of rotatable bonds is 6. The molecule has 1 aliphatic heterocycles. The Morgan fingerprint density at radius 1 is 0.929 bits per heavy atom. The highest BCUT2D eigenvalue weighted by atomic mass is 16.5. The highest BCUT2D eigenvalue weighted by molar-refractivity contribution is 6.21. The van der Waals surface area contributed by atoms with E-state index in [0.717, 1.165) is 10.5 Å². The van der Waals surface area contributed by atoms with E-state index in [1.165, 1.54) is 7.11 Å². The quantitative estimate of drug-likeness (QED) is 0.584. The van der Waals surface area contributed by atoms with Gasteiger partial charge in [-0.25, -0.2) is 9.59 Å². The minimum absolute atomic E-state index is 0.0909. The summed E-state index contributed by atoms with van der Waals surface area (Å²) in [6, 6.07) is 12.9. The molecule has 0 radical (unpaired) electrons. The lowest BCUT2D eigenvalue weighted by Crippen LogP contribution is -2.41. The van der Waals surface area contributed by atoms with Gasteiger partial charge in [0.05, 0.1) is 23.8 Å². The SMILES string of the molecule is COC(=O)c1ccc(CNC(=O)NCCN2C(=O)c3ccccc3C2=O)cc1. The Labute approximate surface area is 161 Å². The summed E-state index contributed by atoms with van der Waals surface area (Å²) >= 11 is 0. The van der Waals surface area contributed by atoms with Crippen LogP contribution >= 0.6 is 0 Å². The van der Waals surface area contributed by atoms with Crippen molar-refractivity contribution in [1.82, 2.24) is 15.5 Å². The fourth-order valence-electron chi connectivity index (χ4n) is 2.84. The molecule has 2 aromatic rings. The zero-order valence-electron chi connectivity index (χ0n) is 15.2. The number of methoxy groups -OCH3 is 1. The first-order valence-electron chi connectivity index (χ1n) is 8.65. The van der Waals surface area contributed by atoms with Gasteiger partial charge in [0.25, 0.3) is 11.8 Å². The van der Waals surface area contributed by atoms with Crippen molar-refractivity contribution in [3.8, 4) is 0 Å². The van der Waals surface area contributed by atoms with Crippen LogP contribution in [-0.2, 0) is 11.3 Å². The van der Waals surface area contributed by atoms with Crippen LogP contribution in [0, 0.1) is 0 Å². The lowest BCUT2D eigenvalue weighted by molar-refractivity contribution is 0.0598. The van der Waals surface area contributed by atoms with Crippen LogP contribution in [0.15, 0.2) is 48.5 Å². The van der Waals surface area contributed by atoms with Crippen molar-refractivity contribution in [3.05, 3.63) is 70.8 Å². The number of carbonyl (C=O) groups excluding carboxylic acids is 4. The maximum absolute atomic E-state index is 12.2. The Kier molecular flexibility index (Phi) is 5.69. The molecule has 0 bridgehead atoms. The normalized spacial score (nSPS) is 12.5. The number of esters is 1. The van der Waals surface area contributed by atoms with Crippen LogP contribution in [-0.4, -0.2) is 48.9 Å². The summed E-state index contributed by atoms with van der Waals surface area (Å²) in [4.78, 5) is 48.9. The Morgan fingerprint density at radius 2 is 1.54 bits per heavy atom. The topological polar surface area (TPSA) is 105 Å². The summed E-state index contributed by atoms with van der Waals surface area (Å²) < 4.78 is 4.63. The van der Waals surface area contributed by atoms with Gasteiger partial charge in [0.1, 0.15) is 0 Å². The van der Waals surface area contributed by atoms with E-state index in [4.69, 9.17) is 0 Å². The van der Waals surface area contributed by atoms with Gasteiger partial charge in [0, 0.05) is 19.6 Å². The van der Waals surface area contributed by atoms with Crippen molar-refractivity contribution in [3.63, 3.8) is 0 Å². The number of imide groups is 1. The second-order valence-corrected chi connectivity index (χ2v) is 6.11. The van der Waals surface area contributed by atoms with E-state index >= 15 is 0 Å². The number of hydrogen-bond donors (Lipinski definition) is 2. The zero-order valence-corrected chi connectivity index (χ0v) is 15.2. The summed E-state index contributed by atoms with van der Waals surface area (Å²) in [5.41, 5.74) is 2.00. The number of benzene rings is 2. The zero-order chi connectivity index (χ0) is 20.1. The van der Waals surface area contributed by atoms with Gasteiger partial charge < -0.3 is 15.4 Å². The van der Waals surface area contributed by atoms with Crippen molar-refractivity contribution >= 4 is 23.8 Å². The predicted octanol–water partition coefficient (Wildman–Crippen LogP) is 1.57. The van der Waals surface area contributed by atoms with Crippen molar-refractivity contribution in [2.45, 2.75) is 6.54 Å². The third kappa shape index (κ3) is 4.01. The van der Waals surface area contributed by atoms with Gasteiger partial charge in [-0.05, 0) is 29.8 Å². The van der Waals surface area contributed by atoms with Gasteiger partial charge in [-0.1, -0.05) is 24.3 Å². The van der Waals surface area contributed by atoms with Gasteiger partial charge in [0.15, 0.2) is 0 Å². The molecule has 3 rings (SSSR count). The highest BCUT2D eigenvalue weighted by Crippen LogP contribution is 2.21. The third-order valence-electron chi connectivity index (χ3n) is 4.33. The minimum atomic E-state index is -0.426. The van der Waals surface area contributed by atoms with Crippen LogP contribution in [0.5, 0.6) is 0 Å². The number of hydrogen-bond acceptors (Lipinski definition) is 5. The second-order valence-electron chi connectivity index (χ2n) is 6.11. The number of ether oxygens (including phenoxy) is 1. The molecule has 0 spiro atoms.